The molecule has 0 saturated heterocycles. The first-order valence-electron chi connectivity index (χ1n) is 8.17. The standard InChI is InChI=1S/C19H23NO6/c1-23-16-8-6-13(11-17(16)24-2)15(12-19(22)25-3)20-18(21)9-7-14-5-4-10-26-14/h4-6,8,10-11,15H,7,9,12H2,1-3H3,(H,20,21). The van der Waals surface area contributed by atoms with Gasteiger partial charge < -0.3 is 23.9 Å². The van der Waals surface area contributed by atoms with E-state index in [9.17, 15) is 9.59 Å². The summed E-state index contributed by atoms with van der Waals surface area (Å²) in [6.07, 6.45) is 2.31. The summed E-state index contributed by atoms with van der Waals surface area (Å²) in [5.41, 5.74) is 0.722. The average molecular weight is 361 g/mol. The van der Waals surface area contributed by atoms with Gasteiger partial charge in [0.05, 0.1) is 40.1 Å². The Hall–Kier alpha value is -2.96. The number of furan rings is 1. The maximum atomic E-state index is 12.3. The van der Waals surface area contributed by atoms with Crippen molar-refractivity contribution in [2.24, 2.45) is 0 Å². The van der Waals surface area contributed by atoms with Gasteiger partial charge in [0, 0.05) is 12.8 Å². The minimum atomic E-state index is -0.536. The highest BCUT2D eigenvalue weighted by atomic mass is 16.5. The fraction of sp³-hybridized carbons (Fsp3) is 0.368. The minimum Gasteiger partial charge on any atom is -0.493 e. The highest BCUT2D eigenvalue weighted by molar-refractivity contribution is 5.78. The van der Waals surface area contributed by atoms with Crippen molar-refractivity contribution < 1.29 is 28.2 Å². The molecule has 1 aromatic carbocycles. The molecule has 0 aliphatic heterocycles. The Kier molecular flexibility index (Phi) is 7.08. The highest BCUT2D eigenvalue weighted by Gasteiger charge is 2.20. The molecule has 2 aromatic rings. The molecule has 0 radical (unpaired) electrons. The monoisotopic (exact) mass is 361 g/mol. The first kappa shape index (κ1) is 19.4. The Labute approximate surface area is 152 Å². The molecule has 0 spiro atoms. The number of nitrogens with one attached hydrogen (secondary N) is 1. The molecule has 1 unspecified atom stereocenters. The molecule has 1 atom stereocenters. The van der Waals surface area contributed by atoms with Crippen LogP contribution in [0.15, 0.2) is 41.0 Å². The Morgan fingerprint density at radius 2 is 1.88 bits per heavy atom. The first-order chi connectivity index (χ1) is 12.6. The van der Waals surface area contributed by atoms with E-state index in [0.717, 1.165) is 11.3 Å². The van der Waals surface area contributed by atoms with Crippen LogP contribution in [0.2, 0.25) is 0 Å². The predicted octanol–water partition coefficient (Wildman–Crippen LogP) is 2.65. The number of methoxy groups -OCH3 is 3. The lowest BCUT2D eigenvalue weighted by Crippen LogP contribution is -2.30. The van der Waals surface area contributed by atoms with Gasteiger partial charge in [-0.25, -0.2) is 0 Å². The third kappa shape index (κ3) is 5.27. The molecular formula is C19H23NO6. The molecule has 1 amide bonds. The number of ether oxygens (including phenoxy) is 3. The molecule has 0 bridgehead atoms. The van der Waals surface area contributed by atoms with Gasteiger partial charge in [-0.15, -0.1) is 0 Å². The summed E-state index contributed by atoms with van der Waals surface area (Å²) in [6.45, 7) is 0. The van der Waals surface area contributed by atoms with E-state index in [1.165, 1.54) is 14.2 Å². The van der Waals surface area contributed by atoms with E-state index >= 15 is 0 Å². The molecule has 2 rings (SSSR count). The maximum absolute atomic E-state index is 12.3. The Balaban J connectivity index is 2.12. The smallest absolute Gasteiger partial charge is 0.307 e. The van der Waals surface area contributed by atoms with Crippen LogP contribution in [0, 0.1) is 0 Å². The topological polar surface area (TPSA) is 87.0 Å². The number of rotatable bonds is 9. The molecule has 1 N–H and O–H groups in total. The number of carbonyl (C=O) groups is 2. The largest absolute Gasteiger partial charge is 0.493 e. The number of carbonyl (C=O) groups excluding carboxylic acids is 2. The second-order valence-corrected chi connectivity index (χ2v) is 5.59. The van der Waals surface area contributed by atoms with E-state index in [4.69, 9.17) is 18.6 Å². The summed E-state index contributed by atoms with van der Waals surface area (Å²) >= 11 is 0. The van der Waals surface area contributed by atoms with Crippen molar-refractivity contribution in [3.8, 4) is 11.5 Å². The van der Waals surface area contributed by atoms with Crippen molar-refractivity contribution >= 4 is 11.9 Å². The zero-order valence-corrected chi connectivity index (χ0v) is 15.1. The van der Waals surface area contributed by atoms with Gasteiger partial charge in [0.15, 0.2) is 11.5 Å². The molecule has 1 aromatic heterocycles. The fourth-order valence-corrected chi connectivity index (χ4v) is 2.53. The van der Waals surface area contributed by atoms with Crippen molar-refractivity contribution in [2.45, 2.75) is 25.3 Å². The molecule has 1 heterocycles. The van der Waals surface area contributed by atoms with Gasteiger partial charge in [0.2, 0.25) is 5.91 Å². The third-order valence-electron chi connectivity index (χ3n) is 3.92. The summed E-state index contributed by atoms with van der Waals surface area (Å²) in [6, 6.07) is 8.30. The zero-order valence-electron chi connectivity index (χ0n) is 15.1. The normalized spacial score (nSPS) is 11.5. The molecule has 0 fully saturated rings. The maximum Gasteiger partial charge on any atom is 0.307 e. The second-order valence-electron chi connectivity index (χ2n) is 5.59. The van der Waals surface area contributed by atoms with Crippen molar-refractivity contribution in [3.63, 3.8) is 0 Å². The van der Waals surface area contributed by atoms with Gasteiger partial charge in [-0.3, -0.25) is 9.59 Å². The van der Waals surface area contributed by atoms with Gasteiger partial charge in [0.1, 0.15) is 5.76 Å². The van der Waals surface area contributed by atoms with Crippen LogP contribution < -0.4 is 14.8 Å². The molecular weight excluding hydrogens is 338 g/mol. The van der Waals surface area contributed by atoms with Crippen LogP contribution in [0.3, 0.4) is 0 Å². The van der Waals surface area contributed by atoms with Gasteiger partial charge in [-0.05, 0) is 29.8 Å². The van der Waals surface area contributed by atoms with Crippen molar-refractivity contribution in [3.05, 3.63) is 47.9 Å². The van der Waals surface area contributed by atoms with Gasteiger partial charge >= 0.3 is 5.97 Å². The fourth-order valence-electron chi connectivity index (χ4n) is 2.53. The quantitative estimate of drug-likeness (QED) is 0.691. The number of hydrogen-bond acceptors (Lipinski definition) is 6. The van der Waals surface area contributed by atoms with Gasteiger partial charge in [-0.2, -0.15) is 0 Å². The number of benzene rings is 1. The van der Waals surface area contributed by atoms with Crippen LogP contribution in [-0.4, -0.2) is 33.2 Å². The van der Waals surface area contributed by atoms with Crippen LogP contribution in [0.25, 0.3) is 0 Å². The van der Waals surface area contributed by atoms with Crippen LogP contribution in [0.4, 0.5) is 0 Å². The van der Waals surface area contributed by atoms with Crippen LogP contribution >= 0.6 is 0 Å². The lowest BCUT2D eigenvalue weighted by Gasteiger charge is -2.19. The predicted molar refractivity (Wildman–Crippen MR) is 94.1 cm³/mol. The lowest BCUT2D eigenvalue weighted by atomic mass is 10.0. The van der Waals surface area contributed by atoms with E-state index < -0.39 is 12.0 Å². The number of amides is 1. The van der Waals surface area contributed by atoms with E-state index in [1.807, 2.05) is 6.07 Å². The molecule has 26 heavy (non-hydrogen) atoms. The SMILES string of the molecule is COC(=O)CC(NC(=O)CCc1ccco1)c1ccc(OC)c(OC)c1. The first-order valence-corrected chi connectivity index (χ1v) is 8.17. The minimum absolute atomic E-state index is 0.0124. The summed E-state index contributed by atoms with van der Waals surface area (Å²) in [5, 5.41) is 2.87. The molecule has 140 valence electrons. The van der Waals surface area contributed by atoms with E-state index in [-0.39, 0.29) is 18.7 Å². The average Bonchev–Trinajstić information content (AvgIpc) is 3.18. The van der Waals surface area contributed by atoms with Gasteiger partial charge in [-0.1, -0.05) is 6.07 Å². The molecule has 7 nitrogen and oxygen atoms in total. The molecule has 0 saturated carbocycles. The Morgan fingerprint density at radius 3 is 2.50 bits per heavy atom. The van der Waals surface area contributed by atoms with Crippen LogP contribution in [0.5, 0.6) is 11.5 Å². The van der Waals surface area contributed by atoms with E-state index in [2.05, 4.69) is 5.32 Å². The second kappa shape index (κ2) is 9.50. The summed E-state index contributed by atoms with van der Waals surface area (Å²) in [5.74, 6) is 1.21. The molecule has 7 heteroatoms. The summed E-state index contributed by atoms with van der Waals surface area (Å²) < 4.78 is 20.5. The van der Waals surface area contributed by atoms with Crippen molar-refractivity contribution in [2.75, 3.05) is 21.3 Å². The molecule has 0 aliphatic carbocycles. The number of aryl methyl sites for hydroxylation is 1. The Bertz CT molecular complexity index is 726. The Morgan fingerprint density at radius 1 is 1.12 bits per heavy atom. The lowest BCUT2D eigenvalue weighted by molar-refractivity contribution is -0.141. The van der Waals surface area contributed by atoms with Crippen LogP contribution in [-0.2, 0) is 20.7 Å². The highest BCUT2D eigenvalue weighted by Crippen LogP contribution is 2.31. The van der Waals surface area contributed by atoms with E-state index in [1.54, 1.807) is 37.6 Å². The van der Waals surface area contributed by atoms with Crippen molar-refractivity contribution in [1.82, 2.24) is 5.32 Å². The summed E-state index contributed by atoms with van der Waals surface area (Å²) in [4.78, 5) is 24.1. The molecule has 0 aliphatic rings. The van der Waals surface area contributed by atoms with E-state index in [0.29, 0.717) is 17.9 Å². The van der Waals surface area contributed by atoms with Gasteiger partial charge in [0.25, 0.3) is 0 Å². The third-order valence-corrected chi connectivity index (χ3v) is 3.92. The zero-order chi connectivity index (χ0) is 18.9. The van der Waals surface area contributed by atoms with Crippen LogP contribution in [0.1, 0.15) is 30.2 Å². The summed E-state index contributed by atoms with van der Waals surface area (Å²) in [7, 11) is 4.38. The van der Waals surface area contributed by atoms with Crippen molar-refractivity contribution in [1.29, 1.82) is 0 Å². The number of hydrogen-bond donors (Lipinski definition) is 1. The number of esters is 1.